The highest BCUT2D eigenvalue weighted by atomic mass is 79.9. The molecule has 0 aromatic carbocycles. The molecule has 0 bridgehead atoms. The first kappa shape index (κ1) is 16.5. The van der Waals surface area contributed by atoms with Crippen molar-refractivity contribution >= 4 is 39.4 Å². The summed E-state index contributed by atoms with van der Waals surface area (Å²) in [4.78, 5) is 17.0. The minimum atomic E-state index is -1.01. The number of aromatic nitrogens is 1. The number of ether oxygens (including phenoxy) is 1. The van der Waals surface area contributed by atoms with E-state index in [1.807, 2.05) is 13.8 Å². The molecule has 1 aromatic heterocycles. The van der Waals surface area contributed by atoms with Gasteiger partial charge in [0.05, 0.1) is 10.6 Å². The summed E-state index contributed by atoms with van der Waals surface area (Å²) in [5, 5.41) is 9.91. The molecule has 116 valence electrons. The van der Waals surface area contributed by atoms with Crippen LogP contribution in [0.3, 0.4) is 0 Å². The van der Waals surface area contributed by atoms with Crippen LogP contribution in [0.25, 0.3) is 0 Å². The average Bonchev–Trinajstić information content (AvgIpc) is 2.38. The molecule has 0 aliphatic carbocycles. The number of hydrogen-bond acceptors (Lipinski definition) is 3. The third-order valence-corrected chi connectivity index (χ3v) is 4.67. The molecule has 1 fully saturated rings. The number of carbonyl (C=O) groups is 1. The highest BCUT2D eigenvalue weighted by molar-refractivity contribution is 9.10. The van der Waals surface area contributed by atoms with Crippen molar-refractivity contribution in [2.75, 3.05) is 18.1 Å². The molecule has 0 spiro atoms. The van der Waals surface area contributed by atoms with E-state index in [1.54, 1.807) is 12.1 Å². The molecule has 7 heteroatoms. The van der Waals surface area contributed by atoms with E-state index in [0.717, 1.165) is 12.8 Å². The summed E-state index contributed by atoms with van der Waals surface area (Å²) in [6, 6.07) is 3.25. The first-order chi connectivity index (χ1) is 9.78. The minimum absolute atomic E-state index is 0.207. The van der Waals surface area contributed by atoms with E-state index in [9.17, 15) is 9.90 Å². The number of nitrogens with zero attached hydrogens (tertiary/aromatic N) is 2. The van der Waals surface area contributed by atoms with Gasteiger partial charge in [-0.05, 0) is 60.7 Å². The Labute approximate surface area is 137 Å². The Kier molecular flexibility index (Phi) is 5.11. The maximum Gasteiger partial charge on any atom is 0.413 e. The van der Waals surface area contributed by atoms with Crippen molar-refractivity contribution in [2.45, 2.75) is 32.3 Å². The van der Waals surface area contributed by atoms with E-state index in [0.29, 0.717) is 28.6 Å². The fourth-order valence-electron chi connectivity index (χ4n) is 2.60. The normalized spacial score (nSPS) is 21.0. The molecule has 0 radical (unpaired) electrons. The second-order valence-corrected chi connectivity index (χ2v) is 6.96. The molecule has 1 N–H and O–H groups in total. The predicted molar refractivity (Wildman–Crippen MR) is 85.1 cm³/mol. The Hall–Kier alpha value is -0.850. The van der Waals surface area contributed by atoms with E-state index < -0.39 is 6.09 Å². The van der Waals surface area contributed by atoms with Gasteiger partial charge < -0.3 is 9.84 Å². The summed E-state index contributed by atoms with van der Waals surface area (Å²) in [6.45, 7) is 5.12. The molecule has 2 rings (SSSR count). The summed E-state index contributed by atoms with van der Waals surface area (Å²) < 4.78 is 6.12. The van der Waals surface area contributed by atoms with Crippen LogP contribution < -0.4 is 4.90 Å². The van der Waals surface area contributed by atoms with Gasteiger partial charge in [0.2, 0.25) is 0 Å². The first-order valence-corrected chi connectivity index (χ1v) is 7.92. The van der Waals surface area contributed by atoms with Crippen LogP contribution in [0.2, 0.25) is 5.02 Å². The number of hydrogen-bond donors (Lipinski definition) is 1. The third-order valence-electron chi connectivity index (χ3n) is 3.54. The summed E-state index contributed by atoms with van der Waals surface area (Å²) in [7, 11) is 0. The maximum absolute atomic E-state index is 11.5. The lowest BCUT2D eigenvalue weighted by Crippen LogP contribution is -2.41. The van der Waals surface area contributed by atoms with E-state index in [-0.39, 0.29) is 11.5 Å². The standard InChI is InChI=1S/C14H18BrClN2O3/c1-14(2)7-9(5-6-21-14)8-18(13(19)20)11-4-3-10(16)12(15)17-11/h3-4,9H,5-8H2,1-2H3,(H,19,20). The van der Waals surface area contributed by atoms with Crippen LogP contribution in [0.4, 0.5) is 10.6 Å². The van der Waals surface area contributed by atoms with E-state index in [1.165, 1.54) is 4.90 Å². The van der Waals surface area contributed by atoms with Gasteiger partial charge in [0.15, 0.2) is 0 Å². The van der Waals surface area contributed by atoms with Crippen LogP contribution in [-0.2, 0) is 4.74 Å². The lowest BCUT2D eigenvalue weighted by molar-refractivity contribution is -0.0707. The largest absolute Gasteiger partial charge is 0.465 e. The number of halogens is 2. The Morgan fingerprint density at radius 1 is 1.62 bits per heavy atom. The van der Waals surface area contributed by atoms with Crippen LogP contribution >= 0.6 is 27.5 Å². The second-order valence-electron chi connectivity index (χ2n) is 5.80. The number of carboxylic acid groups (broad SMARTS) is 1. The molecular weight excluding hydrogens is 360 g/mol. The van der Waals surface area contributed by atoms with Crippen LogP contribution in [0.15, 0.2) is 16.7 Å². The summed E-state index contributed by atoms with van der Waals surface area (Å²) in [6.07, 6.45) is 0.661. The first-order valence-electron chi connectivity index (χ1n) is 6.75. The van der Waals surface area contributed by atoms with Gasteiger partial charge in [0, 0.05) is 13.2 Å². The Balaban J connectivity index is 2.16. The molecule has 2 heterocycles. The van der Waals surface area contributed by atoms with Gasteiger partial charge in [-0.2, -0.15) is 0 Å². The van der Waals surface area contributed by atoms with Crippen molar-refractivity contribution in [1.82, 2.24) is 4.98 Å². The van der Waals surface area contributed by atoms with Crippen LogP contribution in [0.1, 0.15) is 26.7 Å². The molecular formula is C14H18BrClN2O3. The molecule has 1 atom stereocenters. The molecule has 1 aromatic rings. The van der Waals surface area contributed by atoms with Gasteiger partial charge in [-0.3, -0.25) is 4.90 Å². The van der Waals surface area contributed by atoms with E-state index in [4.69, 9.17) is 16.3 Å². The molecule has 5 nitrogen and oxygen atoms in total. The SMILES string of the molecule is CC1(C)CC(CN(C(=O)O)c2ccc(Cl)c(Br)n2)CCO1. The summed E-state index contributed by atoms with van der Waals surface area (Å²) in [5.74, 6) is 0.629. The zero-order valence-electron chi connectivity index (χ0n) is 12.0. The van der Waals surface area contributed by atoms with Gasteiger partial charge in [-0.15, -0.1) is 0 Å². The number of pyridine rings is 1. The molecule has 21 heavy (non-hydrogen) atoms. The molecule has 0 saturated carbocycles. The van der Waals surface area contributed by atoms with Crippen molar-refractivity contribution in [3.05, 3.63) is 21.8 Å². The molecule has 1 aliphatic rings. The molecule has 1 saturated heterocycles. The average molecular weight is 378 g/mol. The fraction of sp³-hybridized carbons (Fsp3) is 0.571. The number of anilines is 1. The summed E-state index contributed by atoms with van der Waals surface area (Å²) >= 11 is 9.13. The van der Waals surface area contributed by atoms with Crippen LogP contribution in [-0.4, -0.2) is 34.9 Å². The van der Waals surface area contributed by atoms with E-state index >= 15 is 0 Å². The van der Waals surface area contributed by atoms with Gasteiger partial charge in [-0.25, -0.2) is 9.78 Å². The van der Waals surface area contributed by atoms with Gasteiger partial charge >= 0.3 is 6.09 Å². The fourth-order valence-corrected chi connectivity index (χ4v) is 3.02. The van der Waals surface area contributed by atoms with Crippen molar-refractivity contribution in [3.8, 4) is 0 Å². The lowest BCUT2D eigenvalue weighted by atomic mass is 9.88. The second kappa shape index (κ2) is 6.50. The third kappa shape index (κ3) is 4.31. The van der Waals surface area contributed by atoms with Crippen molar-refractivity contribution in [1.29, 1.82) is 0 Å². The Morgan fingerprint density at radius 2 is 2.33 bits per heavy atom. The van der Waals surface area contributed by atoms with Crippen molar-refractivity contribution in [3.63, 3.8) is 0 Å². The zero-order chi connectivity index (χ0) is 15.6. The lowest BCUT2D eigenvalue weighted by Gasteiger charge is -2.37. The van der Waals surface area contributed by atoms with Crippen molar-refractivity contribution < 1.29 is 14.6 Å². The van der Waals surface area contributed by atoms with Gasteiger partial charge in [0.25, 0.3) is 0 Å². The highest BCUT2D eigenvalue weighted by Crippen LogP contribution is 2.31. The molecule has 1 unspecified atom stereocenters. The molecule has 1 amide bonds. The topological polar surface area (TPSA) is 62.7 Å². The monoisotopic (exact) mass is 376 g/mol. The van der Waals surface area contributed by atoms with Gasteiger partial charge in [-0.1, -0.05) is 11.6 Å². The van der Waals surface area contributed by atoms with Gasteiger partial charge in [0.1, 0.15) is 10.4 Å². The highest BCUT2D eigenvalue weighted by Gasteiger charge is 2.31. The Morgan fingerprint density at radius 3 is 2.90 bits per heavy atom. The number of amides is 1. The van der Waals surface area contributed by atoms with Crippen LogP contribution in [0.5, 0.6) is 0 Å². The maximum atomic E-state index is 11.5. The van der Waals surface area contributed by atoms with E-state index in [2.05, 4.69) is 20.9 Å². The van der Waals surface area contributed by atoms with Crippen LogP contribution in [0, 0.1) is 5.92 Å². The molecule has 1 aliphatic heterocycles. The predicted octanol–water partition coefficient (Wildman–Crippen LogP) is 4.19. The Bertz CT molecular complexity index is 539. The van der Waals surface area contributed by atoms with Crippen molar-refractivity contribution in [2.24, 2.45) is 5.92 Å². The smallest absolute Gasteiger partial charge is 0.413 e. The number of rotatable bonds is 3. The quantitative estimate of drug-likeness (QED) is 0.802. The summed E-state index contributed by atoms with van der Waals surface area (Å²) in [5.41, 5.74) is -0.207. The minimum Gasteiger partial charge on any atom is -0.465 e. The zero-order valence-corrected chi connectivity index (χ0v) is 14.3.